The van der Waals surface area contributed by atoms with Gasteiger partial charge in [-0.15, -0.1) is 0 Å². The third-order valence-corrected chi connectivity index (χ3v) is 6.11. The van der Waals surface area contributed by atoms with Crippen LogP contribution >= 0.6 is 11.6 Å². The number of halogens is 1. The first kappa shape index (κ1) is 22.1. The first-order chi connectivity index (χ1) is 16.7. The highest BCUT2D eigenvalue weighted by molar-refractivity contribution is 6.30. The van der Waals surface area contributed by atoms with Crippen molar-refractivity contribution in [2.75, 3.05) is 5.32 Å². The minimum Gasteiger partial charge on any atom is -0.485 e. The largest absolute Gasteiger partial charge is 0.485 e. The Kier molecular flexibility index (Phi) is 6.53. The second kappa shape index (κ2) is 10.1. The molecule has 7 nitrogen and oxygen atoms in total. The molecule has 4 aromatic rings. The maximum absolute atomic E-state index is 13.4. The van der Waals surface area contributed by atoms with Crippen LogP contribution in [0.3, 0.4) is 0 Å². The monoisotopic (exact) mass is 473 g/mol. The van der Waals surface area contributed by atoms with Crippen molar-refractivity contribution in [1.82, 2.24) is 19.7 Å². The van der Waals surface area contributed by atoms with E-state index in [-0.39, 0.29) is 5.91 Å². The first-order valence-corrected chi connectivity index (χ1v) is 11.7. The zero-order chi connectivity index (χ0) is 23.3. The summed E-state index contributed by atoms with van der Waals surface area (Å²) in [4.78, 5) is 21.8. The summed E-state index contributed by atoms with van der Waals surface area (Å²) in [6.07, 6.45) is 9.98. The average molecular weight is 474 g/mol. The summed E-state index contributed by atoms with van der Waals surface area (Å²) in [5, 5.41) is 8.32. The number of nitrogens with zero attached hydrogens (tertiary/aromatic N) is 4. The lowest BCUT2D eigenvalue weighted by atomic mass is 10.1. The van der Waals surface area contributed by atoms with Crippen LogP contribution in [0.15, 0.2) is 67.1 Å². The molecular weight excluding hydrogens is 450 g/mol. The molecule has 34 heavy (non-hydrogen) atoms. The number of pyridine rings is 2. The molecule has 0 saturated heterocycles. The van der Waals surface area contributed by atoms with Gasteiger partial charge in [-0.05, 0) is 79.8 Å². The molecule has 0 atom stereocenters. The molecule has 0 radical (unpaired) electrons. The Labute approximate surface area is 202 Å². The third-order valence-electron chi connectivity index (χ3n) is 5.86. The standard InChI is InChI=1S/C26H24ClN5O2/c27-19-8-10-20(11-9-19)32-22-6-3-1-2-5-21(22)24(31-32)26(33)30-25-23(7-4-14-29-25)34-17-18-12-15-28-16-13-18/h4,7-16H,1-3,5-6,17H2,(H,29,30,33). The number of fused-ring (bicyclic) bond motifs is 1. The molecule has 0 aliphatic heterocycles. The van der Waals surface area contributed by atoms with Crippen LogP contribution in [0.1, 0.15) is 46.6 Å². The molecule has 1 aliphatic rings. The second-order valence-electron chi connectivity index (χ2n) is 8.17. The lowest BCUT2D eigenvalue weighted by molar-refractivity contribution is 0.102. The van der Waals surface area contributed by atoms with Crippen LogP contribution < -0.4 is 10.1 Å². The van der Waals surface area contributed by atoms with Crippen molar-refractivity contribution in [3.05, 3.63) is 94.7 Å². The van der Waals surface area contributed by atoms with E-state index in [1.807, 2.05) is 41.1 Å². The summed E-state index contributed by atoms with van der Waals surface area (Å²) in [6.45, 7) is 0.345. The topological polar surface area (TPSA) is 81.9 Å². The van der Waals surface area contributed by atoms with Gasteiger partial charge in [0.05, 0.1) is 5.69 Å². The Balaban J connectivity index is 1.43. The third kappa shape index (κ3) is 4.79. The fourth-order valence-corrected chi connectivity index (χ4v) is 4.29. The van der Waals surface area contributed by atoms with Gasteiger partial charge in [-0.25, -0.2) is 9.67 Å². The lowest BCUT2D eigenvalue weighted by Gasteiger charge is -2.11. The fraction of sp³-hybridized carbons (Fsp3) is 0.231. The number of anilines is 1. The predicted molar refractivity (Wildman–Crippen MR) is 131 cm³/mol. The van der Waals surface area contributed by atoms with Gasteiger partial charge in [-0.2, -0.15) is 5.10 Å². The number of ether oxygens (including phenoxy) is 1. The highest BCUT2D eigenvalue weighted by Crippen LogP contribution is 2.29. The van der Waals surface area contributed by atoms with Crippen molar-refractivity contribution in [1.29, 1.82) is 0 Å². The molecule has 172 valence electrons. The molecule has 1 N–H and O–H groups in total. The summed E-state index contributed by atoms with van der Waals surface area (Å²) in [5.41, 5.74) is 4.38. The number of nitrogens with one attached hydrogen (secondary N) is 1. The molecular formula is C26H24ClN5O2. The van der Waals surface area contributed by atoms with Crippen LogP contribution in [0.5, 0.6) is 5.75 Å². The number of carbonyl (C=O) groups excluding carboxylic acids is 1. The Morgan fingerprint density at radius 3 is 2.62 bits per heavy atom. The van der Waals surface area contributed by atoms with Crippen molar-refractivity contribution in [3.8, 4) is 11.4 Å². The van der Waals surface area contributed by atoms with E-state index < -0.39 is 0 Å². The molecule has 1 aliphatic carbocycles. The average Bonchev–Trinajstić information content (AvgIpc) is 3.05. The van der Waals surface area contributed by atoms with E-state index in [0.29, 0.717) is 28.9 Å². The van der Waals surface area contributed by atoms with Gasteiger partial charge in [0.1, 0.15) is 6.61 Å². The second-order valence-corrected chi connectivity index (χ2v) is 8.61. The summed E-state index contributed by atoms with van der Waals surface area (Å²) in [6, 6.07) is 14.8. The molecule has 1 aromatic carbocycles. The van der Waals surface area contributed by atoms with Crippen molar-refractivity contribution in [3.63, 3.8) is 0 Å². The Morgan fingerprint density at radius 2 is 1.79 bits per heavy atom. The van der Waals surface area contributed by atoms with Crippen LogP contribution in [0.4, 0.5) is 5.82 Å². The van der Waals surface area contributed by atoms with E-state index in [4.69, 9.17) is 21.4 Å². The summed E-state index contributed by atoms with van der Waals surface area (Å²) in [7, 11) is 0. The van der Waals surface area contributed by atoms with Crippen LogP contribution in [-0.2, 0) is 19.4 Å². The molecule has 1 amide bonds. The molecule has 8 heteroatoms. The molecule has 0 saturated carbocycles. The minimum atomic E-state index is -0.293. The number of aromatic nitrogens is 4. The van der Waals surface area contributed by atoms with Gasteiger partial charge >= 0.3 is 0 Å². The summed E-state index contributed by atoms with van der Waals surface area (Å²) < 4.78 is 7.82. The van der Waals surface area contributed by atoms with Gasteiger partial charge in [0.15, 0.2) is 17.3 Å². The molecule has 3 heterocycles. The normalized spacial score (nSPS) is 13.1. The zero-order valence-corrected chi connectivity index (χ0v) is 19.3. The highest BCUT2D eigenvalue weighted by Gasteiger charge is 2.25. The van der Waals surface area contributed by atoms with E-state index in [0.717, 1.165) is 54.6 Å². The zero-order valence-electron chi connectivity index (χ0n) is 18.6. The molecule has 3 aromatic heterocycles. The number of rotatable bonds is 6. The molecule has 0 spiro atoms. The van der Waals surface area contributed by atoms with Crippen LogP contribution in [0, 0.1) is 0 Å². The predicted octanol–water partition coefficient (Wildman–Crippen LogP) is 5.42. The maximum atomic E-state index is 13.4. The number of hydrogen-bond donors (Lipinski definition) is 1. The number of carbonyl (C=O) groups is 1. The molecule has 5 rings (SSSR count). The first-order valence-electron chi connectivity index (χ1n) is 11.3. The van der Waals surface area contributed by atoms with Crippen molar-refractivity contribution in [2.45, 2.75) is 38.7 Å². The fourth-order valence-electron chi connectivity index (χ4n) is 4.16. The van der Waals surface area contributed by atoms with Crippen molar-refractivity contribution in [2.24, 2.45) is 0 Å². The van der Waals surface area contributed by atoms with E-state index in [1.54, 1.807) is 30.7 Å². The lowest BCUT2D eigenvalue weighted by Crippen LogP contribution is -2.16. The quantitative estimate of drug-likeness (QED) is 0.378. The van der Waals surface area contributed by atoms with Gasteiger partial charge in [-0.3, -0.25) is 9.78 Å². The van der Waals surface area contributed by atoms with Crippen molar-refractivity contribution < 1.29 is 9.53 Å². The molecule has 0 unspecified atom stereocenters. The SMILES string of the molecule is O=C(Nc1ncccc1OCc1ccncc1)c1nn(-c2ccc(Cl)cc2)c2c1CCCCC2. The van der Waals surface area contributed by atoms with Crippen LogP contribution in [-0.4, -0.2) is 25.7 Å². The van der Waals surface area contributed by atoms with Crippen molar-refractivity contribution >= 4 is 23.3 Å². The molecule has 0 fully saturated rings. The Hall–Kier alpha value is -3.71. The van der Waals surface area contributed by atoms with Crippen LogP contribution in [0.2, 0.25) is 5.02 Å². The number of hydrogen-bond acceptors (Lipinski definition) is 5. The highest BCUT2D eigenvalue weighted by atomic mass is 35.5. The minimum absolute atomic E-state index is 0.293. The van der Waals surface area contributed by atoms with E-state index in [2.05, 4.69) is 15.3 Å². The van der Waals surface area contributed by atoms with Gasteiger partial charge < -0.3 is 10.1 Å². The summed E-state index contributed by atoms with van der Waals surface area (Å²) >= 11 is 6.08. The Bertz CT molecular complexity index is 1290. The van der Waals surface area contributed by atoms with Gasteiger partial charge in [-0.1, -0.05) is 18.0 Å². The van der Waals surface area contributed by atoms with E-state index >= 15 is 0 Å². The Morgan fingerprint density at radius 1 is 1.00 bits per heavy atom. The number of benzene rings is 1. The van der Waals surface area contributed by atoms with Crippen LogP contribution in [0.25, 0.3) is 5.69 Å². The molecule has 0 bridgehead atoms. The van der Waals surface area contributed by atoms with Gasteiger partial charge in [0.2, 0.25) is 0 Å². The smallest absolute Gasteiger partial charge is 0.277 e. The van der Waals surface area contributed by atoms with E-state index in [1.165, 1.54) is 0 Å². The van der Waals surface area contributed by atoms with Gasteiger partial charge in [0, 0.05) is 34.9 Å². The summed E-state index contributed by atoms with van der Waals surface area (Å²) in [5.74, 6) is 0.569. The van der Waals surface area contributed by atoms with E-state index in [9.17, 15) is 4.79 Å². The maximum Gasteiger partial charge on any atom is 0.277 e. The van der Waals surface area contributed by atoms with Gasteiger partial charge in [0.25, 0.3) is 5.91 Å². The number of amides is 1.